The molecular formula is C35H20N2. The molecule has 0 bridgehead atoms. The summed E-state index contributed by atoms with van der Waals surface area (Å²) < 4.78 is 2.28. The number of fused-ring (bicyclic) bond motifs is 3. The summed E-state index contributed by atoms with van der Waals surface area (Å²) in [5, 5.41) is 19.7. The van der Waals surface area contributed by atoms with Crippen LogP contribution in [-0.2, 0) is 0 Å². The van der Waals surface area contributed by atoms with Gasteiger partial charge in [-0.15, -0.1) is 0 Å². The first-order chi connectivity index (χ1) is 18.3. The number of benzene rings is 7. The Kier molecular flexibility index (Phi) is 4.04. The predicted molar refractivity (Wildman–Crippen MR) is 155 cm³/mol. The summed E-state index contributed by atoms with van der Waals surface area (Å²) in [4.78, 5) is 0. The zero-order valence-electron chi connectivity index (χ0n) is 19.9. The second-order valence-electron chi connectivity index (χ2n) is 9.75. The van der Waals surface area contributed by atoms with Crippen LogP contribution in [0.25, 0.3) is 70.9 Å². The molecule has 0 atom stereocenters. The second-order valence-corrected chi connectivity index (χ2v) is 9.75. The van der Waals surface area contributed by atoms with Crippen molar-refractivity contribution in [1.29, 1.82) is 5.26 Å². The van der Waals surface area contributed by atoms with Gasteiger partial charge in [-0.3, -0.25) is 0 Å². The smallest absolute Gasteiger partial charge is 0.0992 e. The van der Waals surface area contributed by atoms with E-state index in [0.29, 0.717) is 5.56 Å². The van der Waals surface area contributed by atoms with Crippen molar-refractivity contribution in [3.05, 3.63) is 127 Å². The van der Waals surface area contributed by atoms with E-state index < -0.39 is 0 Å². The van der Waals surface area contributed by atoms with Crippen LogP contribution in [-0.4, -0.2) is 4.57 Å². The van der Waals surface area contributed by atoms with E-state index in [-0.39, 0.29) is 0 Å². The molecule has 0 unspecified atom stereocenters. The van der Waals surface area contributed by atoms with Gasteiger partial charge in [-0.05, 0) is 85.9 Å². The van der Waals surface area contributed by atoms with Gasteiger partial charge in [0.1, 0.15) is 0 Å². The minimum absolute atomic E-state index is 0.666. The molecule has 0 aliphatic rings. The van der Waals surface area contributed by atoms with Crippen molar-refractivity contribution >= 4 is 54.1 Å². The topological polar surface area (TPSA) is 28.7 Å². The van der Waals surface area contributed by atoms with Gasteiger partial charge in [0.15, 0.2) is 0 Å². The van der Waals surface area contributed by atoms with Gasteiger partial charge < -0.3 is 4.57 Å². The van der Waals surface area contributed by atoms with Crippen molar-refractivity contribution in [1.82, 2.24) is 4.57 Å². The van der Waals surface area contributed by atoms with E-state index >= 15 is 0 Å². The van der Waals surface area contributed by atoms with Crippen LogP contribution in [0.5, 0.6) is 0 Å². The first-order valence-electron chi connectivity index (χ1n) is 12.5. The fourth-order valence-corrected chi connectivity index (χ4v) is 6.04. The predicted octanol–water partition coefficient (Wildman–Crippen LogP) is 9.22. The van der Waals surface area contributed by atoms with Crippen LogP contribution in [0.15, 0.2) is 121 Å². The Bertz CT molecular complexity index is 2130. The quantitative estimate of drug-likeness (QED) is 0.232. The Labute approximate surface area is 213 Å². The minimum atomic E-state index is 0.666. The van der Waals surface area contributed by atoms with Crippen molar-refractivity contribution in [3.63, 3.8) is 0 Å². The lowest BCUT2D eigenvalue weighted by atomic mass is 9.91. The summed E-state index contributed by atoms with van der Waals surface area (Å²) in [7, 11) is 0. The zero-order valence-corrected chi connectivity index (χ0v) is 19.9. The van der Waals surface area contributed by atoms with Gasteiger partial charge in [0.25, 0.3) is 0 Å². The van der Waals surface area contributed by atoms with Crippen molar-refractivity contribution in [2.45, 2.75) is 0 Å². The van der Waals surface area contributed by atoms with Gasteiger partial charge in [-0.1, -0.05) is 78.9 Å². The monoisotopic (exact) mass is 468 g/mol. The maximum Gasteiger partial charge on any atom is 0.0992 e. The summed E-state index contributed by atoms with van der Waals surface area (Å²) in [6, 6.07) is 45.5. The van der Waals surface area contributed by atoms with Crippen molar-refractivity contribution in [2.24, 2.45) is 0 Å². The van der Waals surface area contributed by atoms with Gasteiger partial charge in [0.2, 0.25) is 0 Å². The molecule has 1 heterocycles. The van der Waals surface area contributed by atoms with Crippen LogP contribution in [0.1, 0.15) is 5.56 Å². The third-order valence-corrected chi connectivity index (χ3v) is 7.71. The first kappa shape index (κ1) is 20.1. The molecule has 0 saturated carbocycles. The minimum Gasteiger partial charge on any atom is -0.309 e. The Hall–Kier alpha value is -5.13. The molecule has 2 heteroatoms. The second kappa shape index (κ2) is 7.43. The molecule has 0 aliphatic carbocycles. The number of nitriles is 1. The number of aromatic nitrogens is 1. The van der Waals surface area contributed by atoms with Crippen LogP contribution in [0, 0.1) is 11.3 Å². The first-order valence-corrected chi connectivity index (χ1v) is 12.5. The molecule has 0 amide bonds. The highest BCUT2D eigenvalue weighted by Gasteiger charge is 2.15. The van der Waals surface area contributed by atoms with Crippen molar-refractivity contribution in [3.8, 4) is 22.9 Å². The van der Waals surface area contributed by atoms with Crippen LogP contribution in [0.4, 0.5) is 0 Å². The summed E-state index contributed by atoms with van der Waals surface area (Å²) >= 11 is 0. The largest absolute Gasteiger partial charge is 0.309 e. The molecule has 1 aromatic heterocycles. The van der Waals surface area contributed by atoms with E-state index in [1.54, 1.807) is 0 Å². The molecule has 0 N–H and O–H groups in total. The average molecular weight is 469 g/mol. The van der Waals surface area contributed by atoms with E-state index in [9.17, 15) is 5.26 Å². The molecular weight excluding hydrogens is 448 g/mol. The lowest BCUT2D eigenvalue weighted by Gasteiger charge is -2.13. The summed E-state index contributed by atoms with van der Waals surface area (Å²) in [5.74, 6) is 0. The fourth-order valence-electron chi connectivity index (χ4n) is 6.04. The Morgan fingerprint density at radius 2 is 1.11 bits per heavy atom. The van der Waals surface area contributed by atoms with Crippen molar-refractivity contribution in [2.75, 3.05) is 0 Å². The van der Waals surface area contributed by atoms with Crippen LogP contribution in [0.3, 0.4) is 0 Å². The fraction of sp³-hybridized carbons (Fsp3) is 0. The number of hydrogen-bond donors (Lipinski definition) is 0. The lowest BCUT2D eigenvalue weighted by molar-refractivity contribution is 1.18. The van der Waals surface area contributed by atoms with E-state index in [2.05, 4.69) is 114 Å². The van der Waals surface area contributed by atoms with E-state index in [4.69, 9.17) is 0 Å². The maximum absolute atomic E-state index is 9.57. The summed E-state index contributed by atoms with van der Waals surface area (Å²) in [6.07, 6.45) is 0. The van der Waals surface area contributed by atoms with E-state index in [0.717, 1.165) is 22.1 Å². The molecule has 0 spiro atoms. The average Bonchev–Trinajstić information content (AvgIpc) is 3.29. The maximum atomic E-state index is 9.57. The molecule has 8 rings (SSSR count). The van der Waals surface area contributed by atoms with Gasteiger partial charge in [-0.25, -0.2) is 0 Å². The molecule has 0 fully saturated rings. The third kappa shape index (κ3) is 2.86. The highest BCUT2D eigenvalue weighted by Crippen LogP contribution is 2.39. The SMILES string of the molecule is N#Cc1ccc2c3ccc(-c4cc5ccc6cccc7ccc(c4)c5c67)cc3n(-c3ccccc3)c2c1. The lowest BCUT2D eigenvalue weighted by Crippen LogP contribution is -1.94. The van der Waals surface area contributed by atoms with Crippen molar-refractivity contribution < 1.29 is 0 Å². The normalized spacial score (nSPS) is 11.8. The highest BCUT2D eigenvalue weighted by atomic mass is 15.0. The summed E-state index contributed by atoms with van der Waals surface area (Å²) in [6.45, 7) is 0. The number of hydrogen-bond acceptors (Lipinski definition) is 1. The standard InChI is InChI=1S/C35H20N2/c36-21-22-9-15-30-31-16-14-25(20-33(31)37(32(30)17-22)29-7-2-1-3-8-29)28-18-26-12-10-23-5-4-6-24-11-13-27(19-28)35(26)34(23)24/h1-20H. The number of nitrogens with zero attached hydrogens (tertiary/aromatic N) is 2. The molecule has 0 saturated heterocycles. The molecule has 170 valence electrons. The van der Waals surface area contributed by atoms with Crippen LogP contribution < -0.4 is 0 Å². The highest BCUT2D eigenvalue weighted by molar-refractivity contribution is 6.23. The van der Waals surface area contributed by atoms with Crippen LogP contribution >= 0.6 is 0 Å². The van der Waals surface area contributed by atoms with E-state index in [1.165, 1.54) is 48.8 Å². The van der Waals surface area contributed by atoms with Gasteiger partial charge in [0.05, 0.1) is 22.7 Å². The molecule has 7 aromatic carbocycles. The van der Waals surface area contributed by atoms with E-state index in [1.807, 2.05) is 18.2 Å². The number of para-hydroxylation sites is 1. The zero-order chi connectivity index (χ0) is 24.5. The Morgan fingerprint density at radius 1 is 0.486 bits per heavy atom. The van der Waals surface area contributed by atoms with Crippen LogP contribution in [0.2, 0.25) is 0 Å². The van der Waals surface area contributed by atoms with Gasteiger partial charge in [-0.2, -0.15) is 5.26 Å². The molecule has 0 radical (unpaired) electrons. The number of rotatable bonds is 2. The van der Waals surface area contributed by atoms with Gasteiger partial charge in [0, 0.05) is 16.5 Å². The summed E-state index contributed by atoms with van der Waals surface area (Å²) in [5.41, 5.74) is 6.32. The molecule has 0 aliphatic heterocycles. The Morgan fingerprint density at radius 3 is 1.81 bits per heavy atom. The van der Waals surface area contributed by atoms with Gasteiger partial charge >= 0.3 is 0 Å². The molecule has 8 aromatic rings. The molecule has 37 heavy (non-hydrogen) atoms. The molecule has 2 nitrogen and oxygen atoms in total. The third-order valence-electron chi connectivity index (χ3n) is 7.71. The Balaban J connectivity index is 1.42.